The van der Waals surface area contributed by atoms with Crippen LogP contribution in [0.25, 0.3) is 0 Å². The maximum atomic E-state index is 12.2. The Kier molecular flexibility index (Phi) is 5.92. The third-order valence-electron chi connectivity index (χ3n) is 3.59. The molecule has 0 spiro atoms. The smallest absolute Gasteiger partial charge is 0.287 e. The summed E-state index contributed by atoms with van der Waals surface area (Å²) in [6.45, 7) is 4.85. The number of ether oxygens (including phenoxy) is 2. The monoisotopic (exact) mass is 341 g/mol. The highest BCUT2D eigenvalue weighted by molar-refractivity contribution is 6.03. The number of carbonyl (C=O) groups excluding carboxylic acids is 3. The summed E-state index contributed by atoms with van der Waals surface area (Å²) in [5.41, 5.74) is 1.83. The molecule has 2 amide bonds. The first-order valence-electron chi connectivity index (χ1n) is 7.79. The van der Waals surface area contributed by atoms with Gasteiger partial charge in [-0.15, -0.1) is 0 Å². The molecule has 0 aromatic rings. The van der Waals surface area contributed by atoms with Crippen LogP contribution < -0.4 is 10.7 Å². The van der Waals surface area contributed by atoms with Gasteiger partial charge in [-0.1, -0.05) is 0 Å². The van der Waals surface area contributed by atoms with Crippen molar-refractivity contribution in [3.63, 3.8) is 0 Å². The lowest BCUT2D eigenvalue weighted by Gasteiger charge is -2.31. The average Bonchev–Trinajstić information content (AvgIpc) is 2.51. The summed E-state index contributed by atoms with van der Waals surface area (Å²) in [5, 5.41) is 13.4. The summed E-state index contributed by atoms with van der Waals surface area (Å²) in [6.07, 6.45) is 1.28. The molecule has 9 nitrogen and oxygen atoms in total. The molecule has 0 saturated carbocycles. The van der Waals surface area contributed by atoms with E-state index in [0.29, 0.717) is 26.3 Å². The van der Waals surface area contributed by atoms with Crippen LogP contribution >= 0.6 is 0 Å². The van der Waals surface area contributed by atoms with E-state index >= 15 is 0 Å². The number of nitrogens with zero attached hydrogens (tertiary/aromatic N) is 1. The summed E-state index contributed by atoms with van der Waals surface area (Å²) in [6, 6.07) is -1.15. The van der Waals surface area contributed by atoms with Gasteiger partial charge in [-0.2, -0.15) is 0 Å². The van der Waals surface area contributed by atoms with Crippen LogP contribution in [0.2, 0.25) is 0 Å². The minimum Gasteiger partial charge on any atom is -0.482 e. The van der Waals surface area contributed by atoms with Gasteiger partial charge < -0.3 is 19.9 Å². The Labute approximate surface area is 139 Å². The lowest BCUT2D eigenvalue weighted by atomic mass is 9.98. The lowest BCUT2D eigenvalue weighted by Crippen LogP contribution is -2.56. The zero-order valence-electron chi connectivity index (χ0n) is 13.8. The summed E-state index contributed by atoms with van der Waals surface area (Å²) in [5.74, 6) is -1.65. The van der Waals surface area contributed by atoms with E-state index in [1.165, 1.54) is 0 Å². The Hall–Kier alpha value is -1.97. The normalized spacial score (nSPS) is 22.1. The highest BCUT2D eigenvalue weighted by Gasteiger charge is 2.33. The molecule has 3 N–H and O–H groups in total. The number of carbonyl (C=O) groups is 3. The highest BCUT2D eigenvalue weighted by Crippen LogP contribution is 2.24. The Morgan fingerprint density at radius 2 is 2.04 bits per heavy atom. The van der Waals surface area contributed by atoms with Crippen molar-refractivity contribution in [3.8, 4) is 0 Å². The number of aliphatic hydroxyl groups is 1. The Balaban J connectivity index is 1.94. The Morgan fingerprint density at radius 3 is 2.62 bits per heavy atom. The van der Waals surface area contributed by atoms with Gasteiger partial charge in [-0.3, -0.25) is 19.8 Å². The van der Waals surface area contributed by atoms with E-state index in [1.807, 2.05) is 0 Å². The molecular formula is C15H23N3O6. The fourth-order valence-corrected chi connectivity index (χ4v) is 2.42. The van der Waals surface area contributed by atoms with E-state index in [1.54, 1.807) is 18.9 Å². The molecule has 0 aromatic heterocycles. The zero-order valence-corrected chi connectivity index (χ0v) is 13.8. The molecule has 9 heteroatoms. The molecule has 0 aromatic carbocycles. The van der Waals surface area contributed by atoms with Crippen molar-refractivity contribution in [1.29, 1.82) is 0 Å². The maximum Gasteiger partial charge on any atom is 0.287 e. The number of nitrogens with one attached hydrogen (secondary N) is 2. The molecule has 2 aliphatic rings. The van der Waals surface area contributed by atoms with Gasteiger partial charge in [0.1, 0.15) is 11.6 Å². The van der Waals surface area contributed by atoms with Gasteiger partial charge in [0.25, 0.3) is 11.8 Å². The number of allylic oxidation sites excluding steroid dienone is 1. The van der Waals surface area contributed by atoms with Crippen LogP contribution in [0.1, 0.15) is 20.3 Å². The van der Waals surface area contributed by atoms with Crippen LogP contribution in [0.3, 0.4) is 0 Å². The molecule has 24 heavy (non-hydrogen) atoms. The second-order valence-electron chi connectivity index (χ2n) is 6.30. The van der Waals surface area contributed by atoms with E-state index in [-0.39, 0.29) is 18.0 Å². The summed E-state index contributed by atoms with van der Waals surface area (Å²) < 4.78 is 10.6. The number of hydrogen-bond donors (Lipinski definition) is 3. The topological polar surface area (TPSA) is 117 Å². The second-order valence-corrected chi connectivity index (χ2v) is 6.30. The first-order valence-corrected chi connectivity index (χ1v) is 7.79. The summed E-state index contributed by atoms with van der Waals surface area (Å²) in [4.78, 5) is 36.0. The second kappa shape index (κ2) is 7.73. The highest BCUT2D eigenvalue weighted by atomic mass is 16.5. The number of ketones is 1. The van der Waals surface area contributed by atoms with E-state index in [9.17, 15) is 19.5 Å². The van der Waals surface area contributed by atoms with Gasteiger partial charge in [-0.05, 0) is 13.8 Å². The fourth-order valence-electron chi connectivity index (χ4n) is 2.42. The largest absolute Gasteiger partial charge is 0.482 e. The van der Waals surface area contributed by atoms with E-state index < -0.39 is 30.1 Å². The molecular weight excluding hydrogens is 318 g/mol. The van der Waals surface area contributed by atoms with Crippen molar-refractivity contribution in [2.75, 3.05) is 32.9 Å². The van der Waals surface area contributed by atoms with Gasteiger partial charge in [-0.25, -0.2) is 5.01 Å². The minimum atomic E-state index is -1.15. The molecule has 0 radical (unpaired) electrons. The Bertz CT molecular complexity index is 539. The van der Waals surface area contributed by atoms with Crippen LogP contribution in [0.4, 0.5) is 0 Å². The quantitative estimate of drug-likeness (QED) is 0.556. The number of hydrogen-bond acceptors (Lipinski definition) is 7. The zero-order chi connectivity index (χ0) is 17.7. The Morgan fingerprint density at radius 1 is 1.38 bits per heavy atom. The number of amides is 2. The van der Waals surface area contributed by atoms with Gasteiger partial charge in [0.15, 0.2) is 11.5 Å². The maximum absolute atomic E-state index is 12.2. The van der Waals surface area contributed by atoms with Crippen molar-refractivity contribution in [2.24, 2.45) is 0 Å². The molecule has 1 saturated heterocycles. The van der Waals surface area contributed by atoms with Gasteiger partial charge in [0.2, 0.25) is 0 Å². The molecule has 1 fully saturated rings. The molecule has 1 atom stereocenters. The van der Waals surface area contributed by atoms with Gasteiger partial charge >= 0.3 is 0 Å². The SMILES string of the molecule is CC1(C)CC(=O)C=C(C(=O)NC(CO)C(=O)NN2CCOCC2)O1. The number of aliphatic hydroxyl groups excluding tert-OH is 1. The van der Waals surface area contributed by atoms with Crippen LogP contribution in [0.5, 0.6) is 0 Å². The van der Waals surface area contributed by atoms with Gasteiger partial charge in [0.05, 0.1) is 19.8 Å². The number of hydrazine groups is 1. The van der Waals surface area contributed by atoms with Crippen molar-refractivity contribution < 1.29 is 29.0 Å². The molecule has 1 unspecified atom stereocenters. The lowest BCUT2D eigenvalue weighted by molar-refractivity contribution is -0.136. The minimum absolute atomic E-state index is 0.158. The summed E-state index contributed by atoms with van der Waals surface area (Å²) in [7, 11) is 0. The molecule has 2 heterocycles. The number of rotatable bonds is 5. The van der Waals surface area contributed by atoms with Crippen molar-refractivity contribution in [3.05, 3.63) is 11.8 Å². The third kappa shape index (κ3) is 5.02. The van der Waals surface area contributed by atoms with Crippen LogP contribution in [-0.4, -0.2) is 72.3 Å². The van der Waals surface area contributed by atoms with Crippen LogP contribution in [-0.2, 0) is 23.9 Å². The predicted molar refractivity (Wildman–Crippen MR) is 82.4 cm³/mol. The third-order valence-corrected chi connectivity index (χ3v) is 3.59. The molecule has 134 valence electrons. The predicted octanol–water partition coefficient (Wildman–Crippen LogP) is -1.52. The van der Waals surface area contributed by atoms with E-state index in [2.05, 4.69) is 10.7 Å². The fraction of sp³-hybridized carbons (Fsp3) is 0.667. The van der Waals surface area contributed by atoms with Crippen molar-refractivity contribution >= 4 is 17.6 Å². The van der Waals surface area contributed by atoms with Crippen LogP contribution in [0.15, 0.2) is 11.8 Å². The molecule has 0 bridgehead atoms. The number of morpholine rings is 1. The standard InChI is InChI=1S/C15H23N3O6/c1-15(2)8-10(20)7-12(24-15)14(22)16-11(9-19)13(21)17-18-3-5-23-6-4-18/h7,11,19H,3-6,8-9H2,1-2H3,(H,16,22)(H,17,21). The molecule has 2 rings (SSSR count). The molecule has 2 aliphatic heterocycles. The summed E-state index contributed by atoms with van der Waals surface area (Å²) >= 11 is 0. The first-order chi connectivity index (χ1) is 11.3. The van der Waals surface area contributed by atoms with Crippen molar-refractivity contribution in [2.45, 2.75) is 31.9 Å². The van der Waals surface area contributed by atoms with Gasteiger partial charge in [0, 0.05) is 25.6 Å². The van der Waals surface area contributed by atoms with Crippen LogP contribution in [0, 0.1) is 0 Å². The van der Waals surface area contributed by atoms with E-state index in [0.717, 1.165) is 6.08 Å². The van der Waals surface area contributed by atoms with Crippen molar-refractivity contribution in [1.82, 2.24) is 15.8 Å². The first kappa shape index (κ1) is 18.4. The average molecular weight is 341 g/mol. The van der Waals surface area contributed by atoms with E-state index in [4.69, 9.17) is 9.47 Å². The molecule has 0 aliphatic carbocycles.